The SMILES string of the molecule is C[C@H](NC(=O)CCNC(=O)c1ccccc1)c1cccc2ccccc12. The molecule has 4 heteroatoms. The van der Waals surface area contributed by atoms with Crippen LogP contribution in [0.5, 0.6) is 0 Å². The Kier molecular flexibility index (Phi) is 5.64. The van der Waals surface area contributed by atoms with E-state index in [2.05, 4.69) is 28.8 Å². The largest absolute Gasteiger partial charge is 0.352 e. The zero-order valence-corrected chi connectivity index (χ0v) is 14.7. The fraction of sp³-hybridized carbons (Fsp3) is 0.182. The number of nitrogens with one attached hydrogen (secondary N) is 2. The van der Waals surface area contributed by atoms with E-state index in [1.54, 1.807) is 12.1 Å². The summed E-state index contributed by atoms with van der Waals surface area (Å²) in [5.74, 6) is -0.251. The first-order valence-corrected chi connectivity index (χ1v) is 8.75. The molecule has 1 atom stereocenters. The number of carbonyl (C=O) groups is 2. The first-order valence-electron chi connectivity index (χ1n) is 8.75. The number of fused-ring (bicyclic) bond motifs is 1. The van der Waals surface area contributed by atoms with Gasteiger partial charge in [-0.3, -0.25) is 9.59 Å². The van der Waals surface area contributed by atoms with Gasteiger partial charge in [0.15, 0.2) is 0 Å². The maximum absolute atomic E-state index is 12.2. The number of amides is 2. The topological polar surface area (TPSA) is 58.2 Å². The normalized spacial score (nSPS) is 11.7. The molecule has 0 aliphatic rings. The third-order valence-corrected chi connectivity index (χ3v) is 4.34. The molecule has 3 aromatic carbocycles. The van der Waals surface area contributed by atoms with Crippen molar-refractivity contribution in [3.63, 3.8) is 0 Å². The molecule has 0 aliphatic carbocycles. The zero-order valence-electron chi connectivity index (χ0n) is 14.7. The van der Waals surface area contributed by atoms with Gasteiger partial charge in [-0.2, -0.15) is 0 Å². The van der Waals surface area contributed by atoms with E-state index < -0.39 is 0 Å². The van der Waals surface area contributed by atoms with Gasteiger partial charge >= 0.3 is 0 Å². The van der Waals surface area contributed by atoms with Gasteiger partial charge in [0, 0.05) is 18.5 Å². The molecule has 0 aromatic heterocycles. The van der Waals surface area contributed by atoms with Gasteiger partial charge in [0.25, 0.3) is 5.91 Å². The summed E-state index contributed by atoms with van der Waals surface area (Å²) in [5, 5.41) is 8.08. The molecular formula is C22H22N2O2. The summed E-state index contributed by atoms with van der Waals surface area (Å²) in [4.78, 5) is 24.2. The third-order valence-electron chi connectivity index (χ3n) is 4.34. The van der Waals surface area contributed by atoms with Gasteiger partial charge in [0.1, 0.15) is 0 Å². The van der Waals surface area contributed by atoms with Crippen molar-refractivity contribution in [3.05, 3.63) is 83.9 Å². The Bertz CT molecular complexity index is 901. The lowest BCUT2D eigenvalue weighted by molar-refractivity contribution is -0.121. The van der Waals surface area contributed by atoms with Crippen molar-refractivity contribution in [2.75, 3.05) is 6.54 Å². The smallest absolute Gasteiger partial charge is 0.251 e. The summed E-state index contributed by atoms with van der Waals surface area (Å²) in [5.41, 5.74) is 1.68. The lowest BCUT2D eigenvalue weighted by atomic mass is 9.99. The third kappa shape index (κ3) is 4.28. The summed E-state index contributed by atoms with van der Waals surface area (Å²) in [6.45, 7) is 2.28. The number of benzene rings is 3. The van der Waals surface area contributed by atoms with E-state index in [-0.39, 0.29) is 24.3 Å². The molecule has 0 radical (unpaired) electrons. The standard InChI is InChI=1S/C22H22N2O2/c1-16(19-13-7-11-17-8-5-6-12-20(17)19)24-21(25)14-15-23-22(26)18-9-3-2-4-10-18/h2-13,16H,14-15H2,1H3,(H,23,26)(H,24,25)/t16-/m0/s1. The van der Waals surface area contributed by atoms with Gasteiger partial charge < -0.3 is 10.6 Å². The van der Waals surface area contributed by atoms with E-state index in [4.69, 9.17) is 0 Å². The first kappa shape index (κ1) is 17.7. The molecule has 3 rings (SSSR count). The molecule has 2 N–H and O–H groups in total. The minimum Gasteiger partial charge on any atom is -0.352 e. The average molecular weight is 346 g/mol. The van der Waals surface area contributed by atoms with Gasteiger partial charge in [-0.25, -0.2) is 0 Å². The van der Waals surface area contributed by atoms with Crippen molar-refractivity contribution in [2.24, 2.45) is 0 Å². The Balaban J connectivity index is 1.54. The fourth-order valence-electron chi connectivity index (χ4n) is 3.00. The van der Waals surface area contributed by atoms with Gasteiger partial charge in [-0.15, -0.1) is 0 Å². The quantitative estimate of drug-likeness (QED) is 0.712. The molecule has 0 saturated carbocycles. The van der Waals surface area contributed by atoms with E-state index in [1.165, 1.54) is 0 Å². The average Bonchev–Trinajstić information content (AvgIpc) is 2.68. The van der Waals surface area contributed by atoms with Crippen LogP contribution in [0, 0.1) is 0 Å². The van der Waals surface area contributed by atoms with Crippen molar-refractivity contribution >= 4 is 22.6 Å². The summed E-state index contributed by atoms with van der Waals surface area (Å²) in [6, 6.07) is 23.1. The Morgan fingerprint density at radius 2 is 1.58 bits per heavy atom. The maximum atomic E-state index is 12.2. The van der Waals surface area contributed by atoms with Crippen LogP contribution in [0.15, 0.2) is 72.8 Å². The Hall–Kier alpha value is -3.14. The van der Waals surface area contributed by atoms with Crippen LogP contribution < -0.4 is 10.6 Å². The Labute approximate surface area is 153 Å². The highest BCUT2D eigenvalue weighted by molar-refractivity contribution is 5.94. The molecule has 3 aromatic rings. The van der Waals surface area contributed by atoms with Crippen LogP contribution in [-0.2, 0) is 4.79 Å². The number of rotatable bonds is 6. The van der Waals surface area contributed by atoms with E-state index in [1.807, 2.05) is 49.4 Å². The number of hydrogen-bond acceptors (Lipinski definition) is 2. The molecule has 132 valence electrons. The lowest BCUT2D eigenvalue weighted by Crippen LogP contribution is -2.32. The lowest BCUT2D eigenvalue weighted by Gasteiger charge is -2.17. The number of carbonyl (C=O) groups excluding carboxylic acids is 2. The van der Waals surface area contributed by atoms with Crippen LogP contribution >= 0.6 is 0 Å². The maximum Gasteiger partial charge on any atom is 0.251 e. The van der Waals surface area contributed by atoms with Gasteiger partial charge in [-0.05, 0) is 35.4 Å². The molecule has 0 unspecified atom stereocenters. The van der Waals surface area contributed by atoms with E-state index in [9.17, 15) is 9.59 Å². The highest BCUT2D eigenvalue weighted by atomic mass is 16.2. The van der Waals surface area contributed by atoms with Crippen molar-refractivity contribution < 1.29 is 9.59 Å². The molecule has 0 saturated heterocycles. The van der Waals surface area contributed by atoms with Gasteiger partial charge in [-0.1, -0.05) is 60.7 Å². The first-order chi connectivity index (χ1) is 12.6. The minimum absolute atomic E-state index is 0.0844. The van der Waals surface area contributed by atoms with E-state index in [0.29, 0.717) is 12.1 Å². The highest BCUT2D eigenvalue weighted by Gasteiger charge is 2.12. The van der Waals surface area contributed by atoms with Crippen molar-refractivity contribution in [1.29, 1.82) is 0 Å². The summed E-state index contributed by atoms with van der Waals surface area (Å²) in [7, 11) is 0. The predicted octanol–water partition coefficient (Wildman–Crippen LogP) is 3.84. The van der Waals surface area contributed by atoms with Crippen LogP contribution in [0.3, 0.4) is 0 Å². The fourth-order valence-corrected chi connectivity index (χ4v) is 3.00. The molecule has 0 spiro atoms. The Morgan fingerprint density at radius 1 is 0.885 bits per heavy atom. The highest BCUT2D eigenvalue weighted by Crippen LogP contribution is 2.23. The molecule has 0 aliphatic heterocycles. The van der Waals surface area contributed by atoms with Gasteiger partial charge in [0.2, 0.25) is 5.91 Å². The molecule has 4 nitrogen and oxygen atoms in total. The van der Waals surface area contributed by atoms with Crippen LogP contribution in [0.1, 0.15) is 35.3 Å². The predicted molar refractivity (Wildman–Crippen MR) is 104 cm³/mol. The van der Waals surface area contributed by atoms with Gasteiger partial charge in [0.05, 0.1) is 6.04 Å². The Morgan fingerprint density at radius 3 is 2.38 bits per heavy atom. The summed E-state index contributed by atoms with van der Waals surface area (Å²) in [6.07, 6.45) is 0.244. The van der Waals surface area contributed by atoms with Crippen LogP contribution in [0.25, 0.3) is 10.8 Å². The molecule has 0 bridgehead atoms. The van der Waals surface area contributed by atoms with Crippen LogP contribution in [0.4, 0.5) is 0 Å². The van der Waals surface area contributed by atoms with Crippen LogP contribution in [-0.4, -0.2) is 18.4 Å². The van der Waals surface area contributed by atoms with E-state index in [0.717, 1.165) is 16.3 Å². The summed E-state index contributed by atoms with van der Waals surface area (Å²) < 4.78 is 0. The molecule has 0 fully saturated rings. The number of hydrogen-bond donors (Lipinski definition) is 2. The second kappa shape index (κ2) is 8.30. The second-order valence-corrected chi connectivity index (χ2v) is 6.23. The van der Waals surface area contributed by atoms with Crippen molar-refractivity contribution in [1.82, 2.24) is 10.6 Å². The van der Waals surface area contributed by atoms with Crippen LogP contribution in [0.2, 0.25) is 0 Å². The minimum atomic E-state index is -0.166. The second-order valence-electron chi connectivity index (χ2n) is 6.23. The molecule has 0 heterocycles. The monoisotopic (exact) mass is 346 g/mol. The molecule has 26 heavy (non-hydrogen) atoms. The molecular weight excluding hydrogens is 324 g/mol. The van der Waals surface area contributed by atoms with Crippen molar-refractivity contribution in [2.45, 2.75) is 19.4 Å². The molecule has 2 amide bonds. The summed E-state index contributed by atoms with van der Waals surface area (Å²) >= 11 is 0. The van der Waals surface area contributed by atoms with Crippen molar-refractivity contribution in [3.8, 4) is 0 Å². The van der Waals surface area contributed by atoms with E-state index >= 15 is 0 Å². The zero-order chi connectivity index (χ0) is 18.4.